The number of carbonyl (C=O) groups is 2. The van der Waals surface area contributed by atoms with Crippen LogP contribution < -0.4 is 0 Å². The molecule has 0 saturated heterocycles. The highest BCUT2D eigenvalue weighted by atomic mass is 17.5. The van der Waals surface area contributed by atoms with Crippen LogP contribution in [0.25, 0.3) is 0 Å². The highest BCUT2D eigenvalue weighted by Gasteiger charge is 2.12. The van der Waals surface area contributed by atoms with Crippen LogP contribution >= 0.6 is 0 Å². The van der Waals surface area contributed by atoms with E-state index in [0.29, 0.717) is 6.42 Å². The number of aryl methyl sites for hydroxylation is 1. The summed E-state index contributed by atoms with van der Waals surface area (Å²) in [6.07, 6.45) is -0.637. The molecule has 0 spiro atoms. The Morgan fingerprint density at radius 2 is 2.00 bits per heavy atom. The third-order valence-electron chi connectivity index (χ3n) is 2.61. The fraction of sp³-hybridized carbons (Fsp3) is 0.429. The average Bonchev–Trinajstić information content (AvgIpc) is 2.46. The smallest absolute Gasteiger partial charge is 0.432 e. The molecule has 1 aromatic carbocycles. The van der Waals surface area contributed by atoms with E-state index in [-0.39, 0.29) is 18.3 Å². The van der Waals surface area contributed by atoms with Crippen molar-refractivity contribution >= 4 is 12.1 Å². The van der Waals surface area contributed by atoms with Crippen molar-refractivity contribution in [1.82, 2.24) is 0 Å². The van der Waals surface area contributed by atoms with Crippen LogP contribution in [-0.2, 0) is 24.3 Å². The molecular weight excluding hydrogens is 280 g/mol. The first kappa shape index (κ1) is 16.9. The van der Waals surface area contributed by atoms with E-state index in [1.165, 1.54) is 0 Å². The zero-order valence-corrected chi connectivity index (χ0v) is 12.2. The van der Waals surface area contributed by atoms with Crippen LogP contribution in [0, 0.1) is 6.92 Å². The molecule has 0 N–H and O–H groups in total. The lowest BCUT2D eigenvalue weighted by molar-refractivity contribution is -0.452. The first-order chi connectivity index (χ1) is 10.0. The van der Waals surface area contributed by atoms with Crippen LogP contribution in [0.2, 0.25) is 0 Å². The van der Waals surface area contributed by atoms with Crippen LogP contribution in [0.1, 0.15) is 29.3 Å². The van der Waals surface area contributed by atoms with Crippen LogP contribution in [0.5, 0.6) is 0 Å². The molecule has 0 saturated carbocycles. The van der Waals surface area contributed by atoms with Crippen molar-refractivity contribution in [3.05, 3.63) is 35.4 Å². The molecule has 0 fully saturated rings. The van der Waals surface area contributed by atoms with E-state index < -0.39 is 12.1 Å². The second-order valence-corrected chi connectivity index (χ2v) is 4.33. The summed E-state index contributed by atoms with van der Waals surface area (Å²) in [5.41, 5.74) is 1.16. The first-order valence-electron chi connectivity index (χ1n) is 6.34. The van der Waals surface area contributed by atoms with Gasteiger partial charge in [0.15, 0.2) is 0 Å². The van der Waals surface area contributed by atoms with E-state index >= 15 is 0 Å². The average molecular weight is 298 g/mol. The normalized spacial score (nSPS) is 11.6. The summed E-state index contributed by atoms with van der Waals surface area (Å²) in [6.45, 7) is 3.75. The number of carbonyl (C=O) groups excluding carboxylic acids is 2. The van der Waals surface area contributed by atoms with Gasteiger partial charge in [-0.3, -0.25) is 4.89 Å². The topological polar surface area (TPSA) is 80.3 Å². The molecule has 0 amide bonds. The second kappa shape index (κ2) is 8.93. The van der Waals surface area contributed by atoms with Gasteiger partial charge in [0.1, 0.15) is 0 Å². The van der Waals surface area contributed by atoms with Crippen molar-refractivity contribution in [3.63, 3.8) is 0 Å². The maximum Gasteiger partial charge on any atom is 0.543 e. The zero-order chi connectivity index (χ0) is 15.7. The Hall–Kier alpha value is -2.12. The predicted molar refractivity (Wildman–Crippen MR) is 71.2 cm³/mol. The fourth-order valence-electron chi connectivity index (χ4n) is 1.35. The molecule has 0 aliphatic rings. The van der Waals surface area contributed by atoms with Crippen LogP contribution in [0.15, 0.2) is 24.3 Å². The molecule has 0 heterocycles. The molecule has 1 atom stereocenters. The summed E-state index contributed by atoms with van der Waals surface area (Å²) < 4.78 is 9.63. The van der Waals surface area contributed by atoms with Crippen molar-refractivity contribution in [2.45, 2.75) is 26.4 Å². The van der Waals surface area contributed by atoms with E-state index in [9.17, 15) is 9.59 Å². The van der Waals surface area contributed by atoms with E-state index in [0.717, 1.165) is 5.56 Å². The van der Waals surface area contributed by atoms with Gasteiger partial charge in [-0.05, 0) is 26.0 Å². The van der Waals surface area contributed by atoms with E-state index in [2.05, 4.69) is 19.6 Å². The van der Waals surface area contributed by atoms with E-state index in [1.807, 2.05) is 19.9 Å². The number of hydrogen-bond donors (Lipinski definition) is 0. The summed E-state index contributed by atoms with van der Waals surface area (Å²) >= 11 is 0. The summed E-state index contributed by atoms with van der Waals surface area (Å²) in [5.74, 6) is -0.778. The zero-order valence-electron chi connectivity index (χ0n) is 12.2. The van der Waals surface area contributed by atoms with Crippen LogP contribution in [0.4, 0.5) is 4.79 Å². The number of benzene rings is 1. The maximum atomic E-state index is 11.5. The van der Waals surface area contributed by atoms with Gasteiger partial charge in [-0.2, -0.15) is 0 Å². The van der Waals surface area contributed by atoms with Gasteiger partial charge in [0.25, 0.3) is 0 Å². The monoisotopic (exact) mass is 298 g/mol. The van der Waals surface area contributed by atoms with Gasteiger partial charge in [0, 0.05) is 13.5 Å². The van der Waals surface area contributed by atoms with E-state index in [1.54, 1.807) is 25.3 Å². The first-order valence-corrected chi connectivity index (χ1v) is 6.34. The summed E-state index contributed by atoms with van der Waals surface area (Å²) in [4.78, 5) is 31.1. The predicted octanol–water partition coefficient (Wildman–Crippen LogP) is 2.58. The van der Waals surface area contributed by atoms with Crippen LogP contribution in [-0.4, -0.2) is 31.9 Å². The Balaban J connectivity index is 2.21. The minimum absolute atomic E-state index is 0.0436. The van der Waals surface area contributed by atoms with Crippen molar-refractivity contribution in [2.24, 2.45) is 0 Å². The van der Waals surface area contributed by atoms with Gasteiger partial charge in [-0.15, -0.1) is 0 Å². The molecular formula is C14H18O7. The Bertz CT molecular complexity index is 472. The minimum Gasteiger partial charge on any atom is -0.432 e. The molecule has 0 aromatic heterocycles. The quantitative estimate of drug-likeness (QED) is 0.435. The van der Waals surface area contributed by atoms with Crippen molar-refractivity contribution in [1.29, 1.82) is 0 Å². The van der Waals surface area contributed by atoms with Gasteiger partial charge in [-0.1, -0.05) is 17.7 Å². The number of rotatable bonds is 7. The highest BCUT2D eigenvalue weighted by molar-refractivity contribution is 5.89. The SMILES string of the molecule is COC(C)CCOC(=O)OOOC(=O)c1cccc(C)c1. The third kappa shape index (κ3) is 6.73. The molecule has 116 valence electrons. The molecule has 21 heavy (non-hydrogen) atoms. The van der Waals surface area contributed by atoms with Gasteiger partial charge in [-0.25, -0.2) is 14.5 Å². The third-order valence-corrected chi connectivity index (χ3v) is 2.61. The summed E-state index contributed by atoms with van der Waals surface area (Å²) in [5, 5.41) is 4.08. The fourth-order valence-corrected chi connectivity index (χ4v) is 1.35. The summed E-state index contributed by atoms with van der Waals surface area (Å²) in [7, 11) is 1.55. The van der Waals surface area contributed by atoms with Crippen molar-refractivity contribution in [2.75, 3.05) is 13.7 Å². The molecule has 0 aliphatic heterocycles. The number of methoxy groups -OCH3 is 1. The van der Waals surface area contributed by atoms with Gasteiger partial charge in [0.05, 0.1) is 23.3 Å². The molecule has 7 heteroatoms. The molecule has 1 unspecified atom stereocenters. The van der Waals surface area contributed by atoms with Gasteiger partial charge in [0.2, 0.25) is 0 Å². The highest BCUT2D eigenvalue weighted by Crippen LogP contribution is 2.06. The molecule has 7 nitrogen and oxygen atoms in total. The Morgan fingerprint density at radius 1 is 1.24 bits per heavy atom. The van der Waals surface area contributed by atoms with Gasteiger partial charge < -0.3 is 9.47 Å². The lowest BCUT2D eigenvalue weighted by Gasteiger charge is -2.08. The molecule has 0 bridgehead atoms. The second-order valence-electron chi connectivity index (χ2n) is 4.33. The van der Waals surface area contributed by atoms with Crippen LogP contribution in [0.3, 0.4) is 0 Å². The number of hydrogen-bond acceptors (Lipinski definition) is 7. The van der Waals surface area contributed by atoms with Crippen molar-refractivity contribution < 1.29 is 33.9 Å². The summed E-state index contributed by atoms with van der Waals surface area (Å²) in [6, 6.07) is 6.67. The molecule has 1 aromatic rings. The molecule has 0 radical (unpaired) electrons. The van der Waals surface area contributed by atoms with Gasteiger partial charge >= 0.3 is 12.1 Å². The Morgan fingerprint density at radius 3 is 2.67 bits per heavy atom. The number of ether oxygens (including phenoxy) is 2. The lowest BCUT2D eigenvalue weighted by atomic mass is 10.1. The maximum absolute atomic E-state index is 11.5. The Kier molecular flexibility index (Phi) is 7.20. The largest absolute Gasteiger partial charge is 0.543 e. The minimum atomic E-state index is -1.10. The standard InChI is InChI=1S/C14H18O7/c1-10-5-4-6-12(9-10)13(15)19-21-20-14(16)18-8-7-11(2)17-3/h4-6,9,11H,7-8H2,1-3H3. The Labute approximate surface area is 122 Å². The molecule has 0 aliphatic carbocycles. The van der Waals surface area contributed by atoms with E-state index in [4.69, 9.17) is 4.74 Å². The molecule has 1 rings (SSSR count). The lowest BCUT2D eigenvalue weighted by Crippen LogP contribution is -2.15. The van der Waals surface area contributed by atoms with Crippen molar-refractivity contribution in [3.8, 4) is 0 Å².